The molecule has 3 heterocycles. The number of methoxy groups -OCH3 is 1. The van der Waals surface area contributed by atoms with Gasteiger partial charge in [-0.05, 0) is 17.0 Å². The Balaban J connectivity index is 1.76. The van der Waals surface area contributed by atoms with Gasteiger partial charge in [0.1, 0.15) is 0 Å². The Morgan fingerprint density at radius 2 is 2.33 bits per heavy atom. The van der Waals surface area contributed by atoms with E-state index < -0.39 is 12.0 Å². The molecule has 0 aliphatic carbocycles. The highest BCUT2D eigenvalue weighted by Gasteiger charge is 2.37. The minimum atomic E-state index is -0.766. The molecule has 24 heavy (non-hydrogen) atoms. The molecule has 7 nitrogen and oxygen atoms in total. The Kier molecular flexibility index (Phi) is 4.96. The van der Waals surface area contributed by atoms with Gasteiger partial charge in [0, 0.05) is 37.1 Å². The van der Waals surface area contributed by atoms with Gasteiger partial charge in [-0.3, -0.25) is 9.48 Å². The Morgan fingerprint density at radius 1 is 1.50 bits per heavy atom. The maximum absolute atomic E-state index is 12.8. The molecule has 1 aliphatic heterocycles. The van der Waals surface area contributed by atoms with Crippen molar-refractivity contribution >= 4 is 23.2 Å². The summed E-state index contributed by atoms with van der Waals surface area (Å²) < 4.78 is 6.57. The standard InChI is InChI=1S/C16H20N4O3S/c1-20-9-10(6-18-20)11-7-17-8-12(11)15(21)19-14(16(22)23-2)13-4-3-5-24-13/h3-6,9,11-12,14,17H,7-8H2,1-2H3,(H,19,21)/t11-,12+,14?/m1/s1. The Labute approximate surface area is 144 Å². The van der Waals surface area contributed by atoms with Crippen LogP contribution in [-0.2, 0) is 21.4 Å². The molecule has 1 amide bonds. The highest BCUT2D eigenvalue weighted by atomic mass is 32.1. The number of carbonyl (C=O) groups excluding carboxylic acids is 2. The van der Waals surface area contributed by atoms with Crippen LogP contribution in [0.1, 0.15) is 22.4 Å². The van der Waals surface area contributed by atoms with Gasteiger partial charge in [0.25, 0.3) is 0 Å². The summed E-state index contributed by atoms with van der Waals surface area (Å²) in [5.41, 5.74) is 1.02. The van der Waals surface area contributed by atoms with Crippen LogP contribution in [0, 0.1) is 5.92 Å². The number of nitrogens with zero attached hydrogens (tertiary/aromatic N) is 2. The number of hydrogen-bond acceptors (Lipinski definition) is 6. The lowest BCUT2D eigenvalue weighted by Crippen LogP contribution is -2.40. The first-order valence-electron chi connectivity index (χ1n) is 7.71. The predicted molar refractivity (Wildman–Crippen MR) is 89.5 cm³/mol. The predicted octanol–water partition coefficient (Wildman–Crippen LogP) is 0.815. The fourth-order valence-corrected chi connectivity index (χ4v) is 3.77. The number of carbonyl (C=O) groups is 2. The lowest BCUT2D eigenvalue weighted by molar-refractivity contribution is -0.145. The third kappa shape index (κ3) is 3.34. The third-order valence-corrected chi connectivity index (χ3v) is 5.19. The summed E-state index contributed by atoms with van der Waals surface area (Å²) in [5.74, 6) is -0.825. The van der Waals surface area contributed by atoms with Crippen LogP contribution >= 0.6 is 11.3 Å². The second-order valence-electron chi connectivity index (χ2n) is 5.80. The molecule has 1 aliphatic rings. The first-order valence-corrected chi connectivity index (χ1v) is 8.59. The van der Waals surface area contributed by atoms with Crippen molar-refractivity contribution in [3.8, 4) is 0 Å². The molecule has 1 saturated heterocycles. The van der Waals surface area contributed by atoms with Gasteiger partial charge in [-0.25, -0.2) is 4.79 Å². The number of hydrogen-bond donors (Lipinski definition) is 2. The SMILES string of the molecule is COC(=O)C(NC(=O)[C@H]1CNC[C@@H]1c1cnn(C)c1)c1cccs1. The third-order valence-electron chi connectivity index (χ3n) is 4.26. The quantitative estimate of drug-likeness (QED) is 0.781. The van der Waals surface area contributed by atoms with E-state index in [2.05, 4.69) is 15.7 Å². The molecule has 2 N–H and O–H groups in total. The second kappa shape index (κ2) is 7.14. The van der Waals surface area contributed by atoms with Crippen molar-refractivity contribution in [1.82, 2.24) is 20.4 Å². The van der Waals surface area contributed by atoms with Crippen molar-refractivity contribution in [2.75, 3.05) is 20.2 Å². The van der Waals surface area contributed by atoms with Crippen molar-refractivity contribution < 1.29 is 14.3 Å². The Morgan fingerprint density at radius 3 is 2.96 bits per heavy atom. The molecule has 0 bridgehead atoms. The van der Waals surface area contributed by atoms with Crippen LogP contribution in [0.4, 0.5) is 0 Å². The van der Waals surface area contributed by atoms with Crippen molar-refractivity contribution in [1.29, 1.82) is 0 Å². The van der Waals surface area contributed by atoms with Gasteiger partial charge in [-0.1, -0.05) is 6.07 Å². The van der Waals surface area contributed by atoms with Crippen LogP contribution in [0.3, 0.4) is 0 Å². The zero-order valence-corrected chi connectivity index (χ0v) is 14.4. The summed E-state index contributed by atoms with van der Waals surface area (Å²) in [6, 6.07) is 2.90. The van der Waals surface area contributed by atoms with E-state index in [1.165, 1.54) is 18.4 Å². The molecular weight excluding hydrogens is 328 g/mol. The maximum Gasteiger partial charge on any atom is 0.333 e. The molecule has 0 radical (unpaired) electrons. The molecular formula is C16H20N4O3S. The van der Waals surface area contributed by atoms with E-state index in [1.807, 2.05) is 30.8 Å². The highest BCUT2D eigenvalue weighted by Crippen LogP contribution is 2.29. The average molecular weight is 348 g/mol. The minimum Gasteiger partial charge on any atom is -0.467 e. The smallest absolute Gasteiger partial charge is 0.333 e. The van der Waals surface area contributed by atoms with Crippen molar-refractivity contribution in [3.63, 3.8) is 0 Å². The van der Waals surface area contributed by atoms with Crippen LogP contribution in [0.2, 0.25) is 0 Å². The van der Waals surface area contributed by atoms with Gasteiger partial charge >= 0.3 is 5.97 Å². The zero-order chi connectivity index (χ0) is 17.1. The molecule has 3 rings (SSSR count). The lowest BCUT2D eigenvalue weighted by atomic mass is 9.90. The molecule has 0 spiro atoms. The van der Waals surface area contributed by atoms with E-state index in [0.29, 0.717) is 13.1 Å². The number of aryl methyl sites for hydroxylation is 1. The zero-order valence-electron chi connectivity index (χ0n) is 13.6. The van der Waals surface area contributed by atoms with Crippen molar-refractivity contribution in [2.24, 2.45) is 13.0 Å². The molecule has 2 aromatic heterocycles. The Bertz CT molecular complexity index is 713. The van der Waals surface area contributed by atoms with E-state index in [4.69, 9.17) is 4.74 Å². The molecule has 1 unspecified atom stereocenters. The fraction of sp³-hybridized carbons (Fsp3) is 0.438. The molecule has 128 valence electrons. The van der Waals surface area contributed by atoms with Crippen LogP contribution in [0.25, 0.3) is 0 Å². The molecule has 0 aromatic carbocycles. The summed E-state index contributed by atoms with van der Waals surface area (Å²) in [4.78, 5) is 25.6. The number of amides is 1. The van der Waals surface area contributed by atoms with Crippen LogP contribution < -0.4 is 10.6 Å². The maximum atomic E-state index is 12.8. The number of esters is 1. The van der Waals surface area contributed by atoms with Gasteiger partial charge < -0.3 is 15.4 Å². The average Bonchev–Trinajstić information content (AvgIpc) is 3.31. The molecule has 0 saturated carbocycles. The molecule has 2 aromatic rings. The fourth-order valence-electron chi connectivity index (χ4n) is 3.00. The van der Waals surface area contributed by atoms with E-state index in [0.717, 1.165) is 10.4 Å². The van der Waals surface area contributed by atoms with E-state index in [1.54, 1.807) is 10.9 Å². The van der Waals surface area contributed by atoms with E-state index >= 15 is 0 Å². The van der Waals surface area contributed by atoms with Gasteiger partial charge in [-0.2, -0.15) is 5.10 Å². The monoisotopic (exact) mass is 348 g/mol. The van der Waals surface area contributed by atoms with Crippen molar-refractivity contribution in [2.45, 2.75) is 12.0 Å². The summed E-state index contributed by atoms with van der Waals surface area (Å²) in [7, 11) is 3.18. The number of ether oxygens (including phenoxy) is 1. The topological polar surface area (TPSA) is 85.2 Å². The van der Waals surface area contributed by atoms with Crippen LogP contribution in [0.5, 0.6) is 0 Å². The van der Waals surface area contributed by atoms with Gasteiger partial charge in [0.15, 0.2) is 6.04 Å². The van der Waals surface area contributed by atoms with E-state index in [-0.39, 0.29) is 17.7 Å². The first-order chi connectivity index (χ1) is 11.6. The minimum absolute atomic E-state index is 0.0420. The Hall–Kier alpha value is -2.19. The van der Waals surface area contributed by atoms with Gasteiger partial charge in [-0.15, -0.1) is 11.3 Å². The molecule has 3 atom stereocenters. The van der Waals surface area contributed by atoms with E-state index in [9.17, 15) is 9.59 Å². The first kappa shape index (κ1) is 16.7. The van der Waals surface area contributed by atoms with Gasteiger partial charge in [0.05, 0.1) is 19.2 Å². The summed E-state index contributed by atoms with van der Waals surface area (Å²) >= 11 is 1.42. The van der Waals surface area contributed by atoms with Gasteiger partial charge in [0.2, 0.25) is 5.91 Å². The largest absolute Gasteiger partial charge is 0.467 e. The van der Waals surface area contributed by atoms with Crippen molar-refractivity contribution in [3.05, 3.63) is 40.3 Å². The van der Waals surface area contributed by atoms with Crippen LogP contribution in [0.15, 0.2) is 29.9 Å². The normalized spacial score (nSPS) is 21.4. The highest BCUT2D eigenvalue weighted by molar-refractivity contribution is 7.10. The summed E-state index contributed by atoms with van der Waals surface area (Å²) in [5, 5.41) is 12.2. The second-order valence-corrected chi connectivity index (χ2v) is 6.78. The number of rotatable bonds is 5. The summed E-state index contributed by atoms with van der Waals surface area (Å²) in [6.07, 6.45) is 3.71. The number of nitrogens with one attached hydrogen (secondary N) is 2. The number of aromatic nitrogens is 2. The summed E-state index contributed by atoms with van der Waals surface area (Å²) in [6.45, 7) is 1.29. The molecule has 8 heteroatoms. The number of thiophene rings is 1. The molecule has 1 fully saturated rings. The lowest BCUT2D eigenvalue weighted by Gasteiger charge is -2.21. The van der Waals surface area contributed by atoms with Crippen LogP contribution in [-0.4, -0.2) is 41.9 Å².